The number of carbonyl (C=O) groups excluding carboxylic acids is 1. The van der Waals surface area contributed by atoms with Crippen molar-refractivity contribution in [3.8, 4) is 0 Å². The lowest BCUT2D eigenvalue weighted by atomic mass is 9.93. The summed E-state index contributed by atoms with van der Waals surface area (Å²) >= 11 is 0. The molecule has 1 aromatic heterocycles. The highest BCUT2D eigenvalue weighted by molar-refractivity contribution is 5.86. The number of benzene rings is 3. The molecule has 1 amide bonds. The minimum atomic E-state index is -0.214. The number of rotatable bonds is 8. The number of allylic oxidation sites excluding steroid dienone is 3. The van der Waals surface area contributed by atoms with E-state index in [1.54, 1.807) is 6.20 Å². The van der Waals surface area contributed by atoms with Crippen molar-refractivity contribution >= 4 is 29.2 Å². The van der Waals surface area contributed by atoms with Gasteiger partial charge in [-0.3, -0.25) is 9.79 Å². The molecular weight excluding hydrogens is 432 g/mol. The van der Waals surface area contributed by atoms with Crippen LogP contribution in [0, 0.1) is 13.8 Å². The number of hydrogen-bond donors (Lipinski definition) is 1. The van der Waals surface area contributed by atoms with Crippen molar-refractivity contribution < 1.29 is 9.21 Å². The highest BCUT2D eigenvalue weighted by Crippen LogP contribution is 2.28. The normalized spacial score (nSPS) is 12.7. The molecule has 176 valence electrons. The van der Waals surface area contributed by atoms with Gasteiger partial charge in [-0.25, -0.2) is 0 Å². The van der Waals surface area contributed by atoms with Crippen molar-refractivity contribution in [2.24, 2.45) is 4.99 Å². The smallest absolute Gasteiger partial charge is 0.225 e. The Labute approximate surface area is 206 Å². The fraction of sp³-hybridized carbons (Fsp3) is 0.161. The Kier molecular flexibility index (Phi) is 7.41. The lowest BCUT2D eigenvalue weighted by Crippen LogP contribution is -2.31. The summed E-state index contributed by atoms with van der Waals surface area (Å²) in [5, 5.41) is 4.21. The Morgan fingerprint density at radius 1 is 1.06 bits per heavy atom. The van der Waals surface area contributed by atoms with Crippen LogP contribution in [0.1, 0.15) is 46.5 Å². The van der Waals surface area contributed by atoms with Gasteiger partial charge >= 0.3 is 0 Å². The van der Waals surface area contributed by atoms with E-state index in [-0.39, 0.29) is 18.4 Å². The Morgan fingerprint density at radius 3 is 2.57 bits per heavy atom. The van der Waals surface area contributed by atoms with Crippen LogP contribution in [0.25, 0.3) is 16.5 Å². The van der Waals surface area contributed by atoms with Crippen LogP contribution in [-0.4, -0.2) is 12.6 Å². The third kappa shape index (κ3) is 5.67. The first-order valence-electron chi connectivity index (χ1n) is 11.7. The van der Waals surface area contributed by atoms with Gasteiger partial charge < -0.3 is 9.73 Å². The Morgan fingerprint density at radius 2 is 1.86 bits per heavy atom. The predicted octanol–water partition coefficient (Wildman–Crippen LogP) is 7.12. The average molecular weight is 463 g/mol. The molecule has 1 heterocycles. The van der Waals surface area contributed by atoms with Crippen LogP contribution in [0.2, 0.25) is 0 Å². The summed E-state index contributed by atoms with van der Waals surface area (Å²) < 4.78 is 5.99. The number of hydrogen-bond acceptors (Lipinski definition) is 3. The molecule has 0 radical (unpaired) electrons. The molecule has 1 unspecified atom stereocenters. The molecule has 1 N–H and O–H groups in total. The molecular formula is C31H30N2O2. The number of furan rings is 1. The summed E-state index contributed by atoms with van der Waals surface area (Å²) in [5.41, 5.74) is 7.05. The Hall–Kier alpha value is -4.18. The van der Waals surface area contributed by atoms with Crippen LogP contribution in [0.3, 0.4) is 0 Å². The molecule has 0 aliphatic rings. The van der Waals surface area contributed by atoms with Crippen LogP contribution in [0.4, 0.5) is 0 Å². The summed E-state index contributed by atoms with van der Waals surface area (Å²) in [7, 11) is 0. The molecule has 0 saturated carbocycles. The van der Waals surface area contributed by atoms with Crippen molar-refractivity contribution in [3.05, 3.63) is 125 Å². The second-order valence-electron chi connectivity index (χ2n) is 8.70. The van der Waals surface area contributed by atoms with Gasteiger partial charge in [0.1, 0.15) is 11.3 Å². The van der Waals surface area contributed by atoms with Crippen LogP contribution >= 0.6 is 0 Å². The first kappa shape index (κ1) is 24.0. The van der Waals surface area contributed by atoms with Gasteiger partial charge in [-0.2, -0.15) is 0 Å². The van der Waals surface area contributed by atoms with E-state index in [2.05, 4.69) is 61.2 Å². The van der Waals surface area contributed by atoms with E-state index >= 15 is 0 Å². The summed E-state index contributed by atoms with van der Waals surface area (Å²) in [5.74, 6) is 0.679. The minimum Gasteiger partial charge on any atom is -0.456 e. The molecule has 4 rings (SSSR count). The summed E-state index contributed by atoms with van der Waals surface area (Å²) in [6, 6.07) is 24.1. The summed E-state index contributed by atoms with van der Waals surface area (Å²) in [4.78, 5) is 17.1. The van der Waals surface area contributed by atoms with Gasteiger partial charge in [0.15, 0.2) is 0 Å². The van der Waals surface area contributed by atoms with Crippen LogP contribution in [-0.2, 0) is 11.2 Å². The maximum atomic E-state index is 13.2. The molecule has 0 aliphatic heterocycles. The molecule has 0 aliphatic carbocycles. The van der Waals surface area contributed by atoms with Gasteiger partial charge in [0, 0.05) is 17.2 Å². The summed E-state index contributed by atoms with van der Waals surface area (Å²) in [6.07, 6.45) is 5.80. The fourth-order valence-corrected chi connectivity index (χ4v) is 4.34. The molecule has 4 aromatic rings. The molecule has 3 aromatic carbocycles. The lowest BCUT2D eigenvalue weighted by molar-refractivity contribution is -0.120. The van der Waals surface area contributed by atoms with Crippen molar-refractivity contribution in [1.29, 1.82) is 0 Å². The van der Waals surface area contributed by atoms with E-state index in [1.807, 2.05) is 61.5 Å². The van der Waals surface area contributed by atoms with Gasteiger partial charge in [-0.15, -0.1) is 0 Å². The Balaban J connectivity index is 1.58. The van der Waals surface area contributed by atoms with Gasteiger partial charge in [0.2, 0.25) is 5.91 Å². The molecule has 0 bridgehead atoms. The first-order chi connectivity index (χ1) is 17.0. The van der Waals surface area contributed by atoms with E-state index in [1.165, 1.54) is 5.56 Å². The van der Waals surface area contributed by atoms with Gasteiger partial charge in [0.25, 0.3) is 0 Å². The highest BCUT2D eigenvalue weighted by atomic mass is 16.3. The monoisotopic (exact) mass is 462 g/mol. The fourth-order valence-electron chi connectivity index (χ4n) is 4.34. The third-order valence-corrected chi connectivity index (χ3v) is 5.98. The standard InChI is InChI=1S/C31H30N2O2/c1-5-9-25(20-32-4)29-19-26-17-23(13-15-28(26)35-29)18-30(34)33-31(24-10-7-6-8-11-24)27-14-12-21(2)16-22(27)3/h5-17,19-20,31H,4,18H2,1-3H3,(H,33,34)/b9-5-,25-20+. The van der Waals surface area contributed by atoms with Crippen molar-refractivity contribution in [2.45, 2.75) is 33.2 Å². The molecule has 1 atom stereocenters. The van der Waals surface area contributed by atoms with Gasteiger partial charge in [-0.1, -0.05) is 72.3 Å². The zero-order valence-electron chi connectivity index (χ0n) is 20.4. The highest BCUT2D eigenvalue weighted by Gasteiger charge is 2.19. The summed E-state index contributed by atoms with van der Waals surface area (Å²) in [6.45, 7) is 9.65. The third-order valence-electron chi connectivity index (χ3n) is 5.98. The topological polar surface area (TPSA) is 54.6 Å². The van der Waals surface area contributed by atoms with Gasteiger partial charge in [-0.05, 0) is 67.9 Å². The number of carbonyl (C=O) groups is 1. The molecule has 0 saturated heterocycles. The number of nitrogens with zero attached hydrogens (tertiary/aromatic N) is 1. The number of aliphatic imine (C=N–C) groups is 1. The average Bonchev–Trinajstić information content (AvgIpc) is 3.27. The molecule has 0 fully saturated rings. The van der Waals surface area contributed by atoms with Crippen LogP contribution < -0.4 is 5.32 Å². The van der Waals surface area contributed by atoms with E-state index in [4.69, 9.17) is 4.42 Å². The molecule has 4 heteroatoms. The second kappa shape index (κ2) is 10.8. The van der Waals surface area contributed by atoms with E-state index in [9.17, 15) is 4.79 Å². The van der Waals surface area contributed by atoms with E-state index in [0.29, 0.717) is 5.76 Å². The largest absolute Gasteiger partial charge is 0.456 e. The Bertz CT molecular complexity index is 1410. The van der Waals surface area contributed by atoms with Crippen molar-refractivity contribution in [2.75, 3.05) is 0 Å². The zero-order valence-corrected chi connectivity index (χ0v) is 20.4. The SMILES string of the molecule is C=N/C=C(\C=C/C)c1cc2cc(CC(=O)NC(c3ccccc3)c3ccc(C)cc3C)ccc2o1. The lowest BCUT2D eigenvalue weighted by Gasteiger charge is -2.22. The molecule has 35 heavy (non-hydrogen) atoms. The second-order valence-corrected chi connectivity index (χ2v) is 8.70. The maximum Gasteiger partial charge on any atom is 0.225 e. The minimum absolute atomic E-state index is 0.0349. The number of nitrogens with one attached hydrogen (secondary N) is 1. The van der Waals surface area contributed by atoms with Crippen LogP contribution in [0.5, 0.6) is 0 Å². The number of aryl methyl sites for hydroxylation is 2. The van der Waals surface area contributed by atoms with Crippen LogP contribution in [0.15, 0.2) is 101 Å². The van der Waals surface area contributed by atoms with Crippen molar-refractivity contribution in [1.82, 2.24) is 5.32 Å². The van der Waals surface area contributed by atoms with Gasteiger partial charge in [0.05, 0.1) is 12.5 Å². The number of amides is 1. The maximum absolute atomic E-state index is 13.2. The predicted molar refractivity (Wildman–Crippen MR) is 145 cm³/mol. The van der Waals surface area contributed by atoms with E-state index < -0.39 is 0 Å². The molecule has 0 spiro atoms. The quantitative estimate of drug-likeness (QED) is 0.224. The van der Waals surface area contributed by atoms with Crippen molar-refractivity contribution in [3.63, 3.8) is 0 Å². The van der Waals surface area contributed by atoms with E-state index in [0.717, 1.165) is 38.8 Å². The zero-order chi connectivity index (χ0) is 24.8. The first-order valence-corrected chi connectivity index (χ1v) is 11.7. The molecule has 4 nitrogen and oxygen atoms in total. The number of fused-ring (bicyclic) bond motifs is 1.